The molecule has 0 radical (unpaired) electrons. The van der Waals surface area contributed by atoms with Crippen LogP contribution in [0.4, 0.5) is 15.8 Å². The molecule has 1 aliphatic heterocycles. The van der Waals surface area contributed by atoms with Gasteiger partial charge in [0.25, 0.3) is 5.91 Å². The van der Waals surface area contributed by atoms with E-state index in [-0.39, 0.29) is 23.0 Å². The third kappa shape index (κ3) is 3.23. The highest BCUT2D eigenvalue weighted by Gasteiger charge is 2.20. The maximum absolute atomic E-state index is 13.8. The monoisotopic (exact) mass is 285 g/mol. The van der Waals surface area contributed by atoms with Gasteiger partial charge in [-0.1, -0.05) is 0 Å². The number of hydrogen-bond donors (Lipinski definition) is 3. The number of nitrogen functional groups attached to an aromatic ring is 1. The molecule has 0 bridgehead atoms. The third-order valence-electron chi connectivity index (χ3n) is 3.15. The van der Waals surface area contributed by atoms with E-state index in [1.54, 1.807) is 0 Å². The molecule has 1 aromatic rings. The van der Waals surface area contributed by atoms with Gasteiger partial charge in [-0.2, -0.15) is 0 Å². The van der Waals surface area contributed by atoms with Crippen LogP contribution in [0.5, 0.6) is 0 Å². The summed E-state index contributed by atoms with van der Waals surface area (Å²) in [6.45, 7) is 0. The van der Waals surface area contributed by atoms with Crippen LogP contribution < -0.4 is 16.8 Å². The van der Waals surface area contributed by atoms with Gasteiger partial charge in [0.2, 0.25) is 0 Å². The van der Waals surface area contributed by atoms with E-state index in [0.29, 0.717) is 24.3 Å². The first-order valence-corrected chi connectivity index (χ1v) is 7.46. The molecule has 0 aliphatic carbocycles. The Balaban J connectivity index is 2.18. The normalized spacial score (nSPS) is 23.0. The smallest absolute Gasteiger partial charge is 0.250 e. The molecule has 1 fully saturated rings. The Hall–Kier alpha value is -1.63. The standard InChI is InChI=1S/C12H16FN3O2S/c13-9-6-10(14)8(12(15)17)5-11(9)16-7-1-3-19(18)4-2-7/h5-7,16H,1-4,14H2,(H2,15,17). The average molecular weight is 285 g/mol. The second kappa shape index (κ2) is 5.56. The van der Waals surface area contributed by atoms with E-state index in [1.807, 2.05) is 0 Å². The Labute approximate surface area is 113 Å². The summed E-state index contributed by atoms with van der Waals surface area (Å²) in [6.07, 6.45) is 1.42. The van der Waals surface area contributed by atoms with Crippen LogP contribution >= 0.6 is 0 Å². The van der Waals surface area contributed by atoms with Crippen LogP contribution in [0.2, 0.25) is 0 Å². The molecule has 0 spiro atoms. The fraction of sp³-hybridized carbons (Fsp3) is 0.417. The molecule has 7 heteroatoms. The van der Waals surface area contributed by atoms with E-state index < -0.39 is 22.5 Å². The van der Waals surface area contributed by atoms with E-state index in [0.717, 1.165) is 6.07 Å². The number of benzene rings is 1. The number of hydrogen-bond acceptors (Lipinski definition) is 4. The molecule has 1 heterocycles. The lowest BCUT2D eigenvalue weighted by Gasteiger charge is -2.24. The van der Waals surface area contributed by atoms with Crippen LogP contribution in [0.3, 0.4) is 0 Å². The zero-order valence-corrected chi connectivity index (χ0v) is 11.1. The number of nitrogens with two attached hydrogens (primary N) is 2. The first kappa shape index (κ1) is 13.8. The molecule has 1 aromatic carbocycles. The van der Waals surface area contributed by atoms with Crippen LogP contribution in [0.15, 0.2) is 12.1 Å². The predicted molar refractivity (Wildman–Crippen MR) is 73.9 cm³/mol. The van der Waals surface area contributed by atoms with Gasteiger partial charge >= 0.3 is 0 Å². The maximum atomic E-state index is 13.8. The Morgan fingerprint density at radius 2 is 2.00 bits per heavy atom. The van der Waals surface area contributed by atoms with E-state index in [2.05, 4.69) is 5.32 Å². The first-order chi connectivity index (χ1) is 8.97. The molecule has 1 aliphatic rings. The average Bonchev–Trinajstić information content (AvgIpc) is 2.34. The van der Waals surface area contributed by atoms with Crippen molar-refractivity contribution in [2.24, 2.45) is 5.73 Å². The van der Waals surface area contributed by atoms with E-state index in [9.17, 15) is 13.4 Å². The van der Waals surface area contributed by atoms with E-state index >= 15 is 0 Å². The third-order valence-corrected chi connectivity index (χ3v) is 4.53. The first-order valence-electron chi connectivity index (χ1n) is 5.97. The molecule has 0 atom stereocenters. The molecule has 0 saturated carbocycles. The SMILES string of the molecule is NC(=O)c1cc(NC2CCS(=O)CC2)c(F)cc1N. The lowest BCUT2D eigenvalue weighted by Crippen LogP contribution is -2.30. The maximum Gasteiger partial charge on any atom is 0.250 e. The molecule has 5 N–H and O–H groups in total. The molecular formula is C12H16FN3O2S. The molecule has 5 nitrogen and oxygen atoms in total. The van der Waals surface area contributed by atoms with Crippen LogP contribution in [0, 0.1) is 5.82 Å². The summed E-state index contributed by atoms with van der Waals surface area (Å²) in [5, 5.41) is 3.02. The second-order valence-electron chi connectivity index (χ2n) is 4.55. The van der Waals surface area contributed by atoms with Crippen molar-refractivity contribution in [2.75, 3.05) is 22.6 Å². The highest BCUT2D eigenvalue weighted by molar-refractivity contribution is 7.85. The Morgan fingerprint density at radius 1 is 1.37 bits per heavy atom. The second-order valence-corrected chi connectivity index (χ2v) is 6.25. The number of carbonyl (C=O) groups excluding carboxylic acids is 1. The van der Waals surface area contributed by atoms with E-state index in [4.69, 9.17) is 11.5 Å². The Morgan fingerprint density at radius 3 is 2.58 bits per heavy atom. The van der Waals surface area contributed by atoms with Gasteiger partial charge < -0.3 is 16.8 Å². The van der Waals surface area contributed by atoms with Crippen LogP contribution in [0.25, 0.3) is 0 Å². The largest absolute Gasteiger partial charge is 0.398 e. The minimum atomic E-state index is -0.767. The fourth-order valence-corrected chi connectivity index (χ4v) is 3.37. The summed E-state index contributed by atoms with van der Waals surface area (Å²) in [6, 6.07) is 2.47. The number of halogens is 1. The van der Waals surface area contributed by atoms with Gasteiger partial charge in [0, 0.05) is 34.0 Å². The van der Waals surface area contributed by atoms with Crippen molar-refractivity contribution < 1.29 is 13.4 Å². The van der Waals surface area contributed by atoms with Crippen molar-refractivity contribution in [1.29, 1.82) is 0 Å². The number of carbonyl (C=O) groups is 1. The lowest BCUT2D eigenvalue weighted by molar-refractivity contribution is 0.100. The fourth-order valence-electron chi connectivity index (χ4n) is 2.07. The predicted octanol–water partition coefficient (Wildman–Crippen LogP) is 0.830. The van der Waals surface area contributed by atoms with E-state index in [1.165, 1.54) is 6.07 Å². The molecule has 0 aromatic heterocycles. The number of anilines is 2. The highest BCUT2D eigenvalue weighted by atomic mass is 32.2. The van der Waals surface area contributed by atoms with Crippen molar-refractivity contribution in [3.05, 3.63) is 23.5 Å². The summed E-state index contributed by atoms with van der Waals surface area (Å²) in [7, 11) is -0.767. The van der Waals surface area contributed by atoms with Gasteiger partial charge in [-0.15, -0.1) is 0 Å². The van der Waals surface area contributed by atoms with Crippen molar-refractivity contribution in [3.8, 4) is 0 Å². The zero-order valence-electron chi connectivity index (χ0n) is 10.3. The van der Waals surface area contributed by atoms with Crippen LogP contribution in [-0.2, 0) is 10.8 Å². The van der Waals surface area contributed by atoms with Crippen molar-refractivity contribution >= 4 is 28.1 Å². The lowest BCUT2D eigenvalue weighted by atomic mass is 10.1. The van der Waals surface area contributed by atoms with Gasteiger partial charge in [-0.3, -0.25) is 9.00 Å². The minimum absolute atomic E-state index is 0.0281. The van der Waals surface area contributed by atoms with Crippen molar-refractivity contribution in [3.63, 3.8) is 0 Å². The molecule has 2 rings (SSSR count). The molecule has 0 unspecified atom stereocenters. The van der Waals surface area contributed by atoms with Crippen LogP contribution in [-0.4, -0.2) is 27.7 Å². The van der Waals surface area contributed by atoms with Crippen molar-refractivity contribution in [2.45, 2.75) is 18.9 Å². The molecule has 1 saturated heterocycles. The van der Waals surface area contributed by atoms with Gasteiger partial charge in [0.05, 0.1) is 11.3 Å². The summed E-state index contributed by atoms with van der Waals surface area (Å²) < 4.78 is 25.0. The topological polar surface area (TPSA) is 98.2 Å². The number of nitrogens with one attached hydrogen (secondary N) is 1. The number of amides is 1. The summed E-state index contributed by atoms with van der Waals surface area (Å²) in [5.41, 5.74) is 11.0. The summed E-state index contributed by atoms with van der Waals surface area (Å²) in [4.78, 5) is 11.2. The molecule has 19 heavy (non-hydrogen) atoms. The van der Waals surface area contributed by atoms with Gasteiger partial charge in [-0.25, -0.2) is 4.39 Å². The molecule has 104 valence electrons. The molecular weight excluding hydrogens is 269 g/mol. The molecule has 1 amide bonds. The van der Waals surface area contributed by atoms with Crippen LogP contribution in [0.1, 0.15) is 23.2 Å². The Kier molecular flexibility index (Phi) is 4.04. The Bertz CT molecular complexity index is 526. The van der Waals surface area contributed by atoms with Gasteiger partial charge in [0.1, 0.15) is 5.82 Å². The quantitative estimate of drug-likeness (QED) is 0.716. The minimum Gasteiger partial charge on any atom is -0.398 e. The van der Waals surface area contributed by atoms with Crippen molar-refractivity contribution in [1.82, 2.24) is 0 Å². The number of rotatable bonds is 3. The van der Waals surface area contributed by atoms with Gasteiger partial charge in [0.15, 0.2) is 0 Å². The summed E-state index contributed by atoms with van der Waals surface area (Å²) in [5.74, 6) is 0.00734. The highest BCUT2D eigenvalue weighted by Crippen LogP contribution is 2.24. The number of primary amides is 1. The summed E-state index contributed by atoms with van der Waals surface area (Å²) >= 11 is 0. The zero-order chi connectivity index (χ0) is 14.0. The van der Waals surface area contributed by atoms with Gasteiger partial charge in [-0.05, 0) is 25.0 Å².